The largest absolute Gasteiger partial charge is 0.381 e. The van der Waals surface area contributed by atoms with Gasteiger partial charge in [0, 0.05) is 18.7 Å². The highest BCUT2D eigenvalue weighted by atomic mass is 16.2. The summed E-state index contributed by atoms with van der Waals surface area (Å²) in [7, 11) is 0. The Morgan fingerprint density at radius 2 is 1.81 bits per heavy atom. The Morgan fingerprint density at radius 3 is 2.52 bits per heavy atom. The molecule has 2 aromatic carbocycles. The number of nitrogens with zero attached hydrogens (tertiary/aromatic N) is 1. The third kappa shape index (κ3) is 4.06. The van der Waals surface area contributed by atoms with Gasteiger partial charge in [-0.2, -0.15) is 0 Å². The summed E-state index contributed by atoms with van der Waals surface area (Å²) < 4.78 is 0. The standard InChI is InChI=1S/C23H24N4O4/c24-12-2-3-14-6-8-16(9-7-14)25-13-15-4-1-5-17-20(15)23(31)27(22(17)30)18-10-11-19(28)26-21(18)29/h1,4-9,18,25H,2-3,10-13,24H2,(H,26,28,29). The highest BCUT2D eigenvalue weighted by Crippen LogP contribution is 2.30. The Morgan fingerprint density at radius 1 is 1.03 bits per heavy atom. The number of rotatable bonds is 7. The van der Waals surface area contributed by atoms with Crippen LogP contribution in [0.1, 0.15) is 51.1 Å². The van der Waals surface area contributed by atoms with E-state index in [0.29, 0.717) is 24.2 Å². The van der Waals surface area contributed by atoms with Gasteiger partial charge in [-0.3, -0.25) is 29.4 Å². The Hall–Kier alpha value is -3.52. The molecule has 4 amide bonds. The molecular weight excluding hydrogens is 396 g/mol. The van der Waals surface area contributed by atoms with E-state index in [2.05, 4.69) is 10.6 Å². The molecule has 0 aliphatic carbocycles. The van der Waals surface area contributed by atoms with Crippen LogP contribution in [0.2, 0.25) is 0 Å². The molecule has 2 aliphatic heterocycles. The molecule has 0 bridgehead atoms. The number of carbonyl (C=O) groups excluding carboxylic acids is 4. The first kappa shape index (κ1) is 20.7. The summed E-state index contributed by atoms with van der Waals surface area (Å²) >= 11 is 0. The van der Waals surface area contributed by atoms with Gasteiger partial charge in [0.25, 0.3) is 11.8 Å². The third-order valence-corrected chi connectivity index (χ3v) is 5.66. The fraction of sp³-hybridized carbons (Fsp3) is 0.304. The van der Waals surface area contributed by atoms with Gasteiger partial charge in [-0.25, -0.2) is 0 Å². The van der Waals surface area contributed by atoms with Gasteiger partial charge in [0.1, 0.15) is 6.04 Å². The van der Waals surface area contributed by atoms with Gasteiger partial charge < -0.3 is 11.1 Å². The summed E-state index contributed by atoms with van der Waals surface area (Å²) in [5.41, 5.74) is 8.92. The summed E-state index contributed by atoms with van der Waals surface area (Å²) in [5, 5.41) is 5.50. The Bertz CT molecular complexity index is 1050. The maximum atomic E-state index is 13.1. The maximum Gasteiger partial charge on any atom is 0.262 e. The molecule has 0 saturated carbocycles. The number of imide groups is 2. The molecule has 1 unspecified atom stereocenters. The summed E-state index contributed by atoms with van der Waals surface area (Å²) in [6, 6.07) is 12.2. The monoisotopic (exact) mass is 420 g/mol. The number of carbonyl (C=O) groups is 4. The minimum Gasteiger partial charge on any atom is -0.381 e. The number of fused-ring (bicyclic) bond motifs is 1. The van der Waals surface area contributed by atoms with Crippen LogP contribution >= 0.6 is 0 Å². The maximum absolute atomic E-state index is 13.1. The molecule has 1 saturated heterocycles. The van der Waals surface area contributed by atoms with E-state index in [4.69, 9.17) is 5.73 Å². The van der Waals surface area contributed by atoms with E-state index in [1.54, 1.807) is 18.2 Å². The molecule has 8 heteroatoms. The van der Waals surface area contributed by atoms with Gasteiger partial charge in [0.05, 0.1) is 11.1 Å². The molecule has 1 fully saturated rings. The summed E-state index contributed by atoms with van der Waals surface area (Å²) in [4.78, 5) is 50.6. The van der Waals surface area contributed by atoms with Crippen molar-refractivity contribution in [1.82, 2.24) is 10.2 Å². The molecule has 160 valence electrons. The Kier molecular flexibility index (Phi) is 5.81. The van der Waals surface area contributed by atoms with Crippen LogP contribution in [-0.2, 0) is 22.6 Å². The second kappa shape index (κ2) is 8.69. The number of benzene rings is 2. The molecule has 0 spiro atoms. The molecule has 4 N–H and O–H groups in total. The Balaban J connectivity index is 1.51. The van der Waals surface area contributed by atoms with Crippen molar-refractivity contribution in [3.8, 4) is 0 Å². The van der Waals surface area contributed by atoms with E-state index in [-0.39, 0.29) is 18.4 Å². The van der Waals surface area contributed by atoms with Gasteiger partial charge in [-0.15, -0.1) is 0 Å². The molecule has 8 nitrogen and oxygen atoms in total. The predicted molar refractivity (Wildman–Crippen MR) is 114 cm³/mol. The molecule has 1 atom stereocenters. The zero-order valence-electron chi connectivity index (χ0n) is 17.0. The first-order chi connectivity index (χ1) is 15.0. The highest BCUT2D eigenvalue weighted by molar-refractivity contribution is 6.24. The van der Waals surface area contributed by atoms with Crippen LogP contribution in [0.25, 0.3) is 0 Å². The quantitative estimate of drug-likeness (QED) is 0.585. The lowest BCUT2D eigenvalue weighted by atomic mass is 10.0. The number of aryl methyl sites for hydroxylation is 1. The second-order valence-electron chi connectivity index (χ2n) is 7.73. The fourth-order valence-electron chi connectivity index (χ4n) is 4.02. The lowest BCUT2D eigenvalue weighted by molar-refractivity contribution is -0.136. The second-order valence-corrected chi connectivity index (χ2v) is 7.73. The molecule has 2 aromatic rings. The van der Waals surface area contributed by atoms with Crippen LogP contribution in [0.4, 0.5) is 5.69 Å². The minimum atomic E-state index is -0.966. The van der Waals surface area contributed by atoms with E-state index in [9.17, 15) is 19.2 Å². The van der Waals surface area contributed by atoms with E-state index < -0.39 is 29.7 Å². The lowest BCUT2D eigenvalue weighted by Crippen LogP contribution is -2.54. The number of amides is 4. The molecule has 0 radical (unpaired) electrons. The lowest BCUT2D eigenvalue weighted by Gasteiger charge is -2.27. The van der Waals surface area contributed by atoms with Crippen molar-refractivity contribution in [3.05, 3.63) is 64.7 Å². The van der Waals surface area contributed by atoms with Crippen molar-refractivity contribution in [2.45, 2.75) is 38.3 Å². The first-order valence-corrected chi connectivity index (χ1v) is 10.4. The van der Waals surface area contributed by atoms with Crippen LogP contribution in [0, 0.1) is 0 Å². The average molecular weight is 420 g/mol. The van der Waals surface area contributed by atoms with E-state index in [1.165, 1.54) is 5.56 Å². The number of anilines is 1. The van der Waals surface area contributed by atoms with Crippen LogP contribution in [0.15, 0.2) is 42.5 Å². The SMILES string of the molecule is NCCCc1ccc(NCc2cccc3c2C(=O)N(C2CCC(=O)NC2=O)C3=O)cc1. The van der Waals surface area contributed by atoms with Gasteiger partial charge in [-0.1, -0.05) is 24.3 Å². The van der Waals surface area contributed by atoms with Gasteiger partial charge >= 0.3 is 0 Å². The van der Waals surface area contributed by atoms with E-state index in [1.807, 2.05) is 24.3 Å². The molecular formula is C23H24N4O4. The molecule has 0 aromatic heterocycles. The number of hydrogen-bond acceptors (Lipinski definition) is 6. The number of piperidine rings is 1. The van der Waals surface area contributed by atoms with Gasteiger partial charge in [0.2, 0.25) is 11.8 Å². The molecule has 2 heterocycles. The molecule has 4 rings (SSSR count). The van der Waals surface area contributed by atoms with Gasteiger partial charge in [-0.05, 0) is 55.1 Å². The van der Waals surface area contributed by atoms with Crippen molar-refractivity contribution >= 4 is 29.3 Å². The summed E-state index contributed by atoms with van der Waals surface area (Å²) in [5.74, 6) is -2.00. The zero-order valence-corrected chi connectivity index (χ0v) is 17.0. The topological polar surface area (TPSA) is 122 Å². The Labute approximate surface area is 179 Å². The highest BCUT2D eigenvalue weighted by Gasteiger charge is 2.45. The average Bonchev–Trinajstić information content (AvgIpc) is 3.02. The zero-order chi connectivity index (χ0) is 22.0. The minimum absolute atomic E-state index is 0.0967. The van der Waals surface area contributed by atoms with Crippen LogP contribution < -0.4 is 16.4 Å². The van der Waals surface area contributed by atoms with Crippen molar-refractivity contribution in [1.29, 1.82) is 0 Å². The normalized spacial score (nSPS) is 18.2. The molecule has 31 heavy (non-hydrogen) atoms. The predicted octanol–water partition coefficient (Wildman–Crippen LogP) is 1.59. The number of nitrogens with one attached hydrogen (secondary N) is 2. The van der Waals surface area contributed by atoms with E-state index >= 15 is 0 Å². The van der Waals surface area contributed by atoms with Crippen molar-refractivity contribution in [2.24, 2.45) is 5.73 Å². The van der Waals surface area contributed by atoms with Crippen LogP contribution in [0.5, 0.6) is 0 Å². The van der Waals surface area contributed by atoms with Crippen molar-refractivity contribution in [3.63, 3.8) is 0 Å². The summed E-state index contributed by atoms with van der Waals surface area (Å²) in [6.07, 6.45) is 2.10. The van der Waals surface area contributed by atoms with Crippen molar-refractivity contribution in [2.75, 3.05) is 11.9 Å². The first-order valence-electron chi connectivity index (χ1n) is 10.4. The molecule has 2 aliphatic rings. The number of hydrogen-bond donors (Lipinski definition) is 3. The van der Waals surface area contributed by atoms with Crippen LogP contribution in [-0.4, -0.2) is 41.1 Å². The number of nitrogens with two attached hydrogens (primary N) is 1. The smallest absolute Gasteiger partial charge is 0.262 e. The fourth-order valence-corrected chi connectivity index (χ4v) is 4.02. The van der Waals surface area contributed by atoms with Crippen molar-refractivity contribution < 1.29 is 19.2 Å². The third-order valence-electron chi connectivity index (χ3n) is 5.66. The van der Waals surface area contributed by atoms with Crippen LogP contribution in [0.3, 0.4) is 0 Å². The summed E-state index contributed by atoms with van der Waals surface area (Å²) in [6.45, 7) is 1.01. The van der Waals surface area contributed by atoms with Gasteiger partial charge in [0.15, 0.2) is 0 Å². The van der Waals surface area contributed by atoms with E-state index in [0.717, 1.165) is 23.4 Å².